The third kappa shape index (κ3) is 6.04. The lowest BCUT2D eigenvalue weighted by molar-refractivity contribution is -0.114. The number of pyridine rings is 1. The highest BCUT2D eigenvalue weighted by atomic mass is 79.9. The Morgan fingerprint density at radius 3 is 2.00 bits per heavy atom. The van der Waals surface area contributed by atoms with Crippen LogP contribution < -0.4 is 14.8 Å². The fraction of sp³-hybridized carbons (Fsp3) is 0.111. The van der Waals surface area contributed by atoms with Crippen molar-refractivity contribution < 1.29 is 14.3 Å². The van der Waals surface area contributed by atoms with Crippen LogP contribution in [0, 0.1) is 0 Å². The quantitative estimate of drug-likeness (QED) is 0.236. The largest absolute Gasteiger partial charge is 0.473 e. The first-order valence-corrected chi connectivity index (χ1v) is 12.2. The zero-order valence-electron chi connectivity index (χ0n) is 18.4. The Bertz CT molecular complexity index is 1280. The van der Waals surface area contributed by atoms with E-state index >= 15 is 0 Å². The molecule has 34 heavy (non-hydrogen) atoms. The number of nitrogens with one attached hydrogen (secondary N) is 1. The van der Waals surface area contributed by atoms with E-state index in [-0.39, 0.29) is 5.91 Å². The van der Waals surface area contributed by atoms with E-state index in [2.05, 4.69) is 42.2 Å². The molecule has 0 radical (unpaired) electrons. The number of ether oxygens (including phenoxy) is 2. The van der Waals surface area contributed by atoms with Gasteiger partial charge in [-0.25, -0.2) is 0 Å². The molecule has 0 aliphatic heterocycles. The van der Waals surface area contributed by atoms with Gasteiger partial charge in [-0.1, -0.05) is 66.7 Å². The van der Waals surface area contributed by atoms with Gasteiger partial charge in [-0.2, -0.15) is 4.98 Å². The van der Waals surface area contributed by atoms with Crippen molar-refractivity contribution in [2.24, 2.45) is 0 Å². The number of rotatable bonds is 8. The van der Waals surface area contributed by atoms with E-state index in [1.165, 1.54) is 6.92 Å². The van der Waals surface area contributed by atoms with Crippen molar-refractivity contribution in [3.63, 3.8) is 0 Å². The zero-order chi connectivity index (χ0) is 23.9. The van der Waals surface area contributed by atoms with E-state index in [1.54, 1.807) is 0 Å². The Morgan fingerprint density at radius 2 is 1.38 bits per heavy atom. The number of amides is 1. The maximum Gasteiger partial charge on any atom is 0.225 e. The molecule has 4 aromatic rings. The highest BCUT2D eigenvalue weighted by Crippen LogP contribution is 2.42. The molecule has 3 aromatic carbocycles. The topological polar surface area (TPSA) is 60.5 Å². The number of carbonyl (C=O) groups excluding carboxylic acids is 1. The summed E-state index contributed by atoms with van der Waals surface area (Å²) in [6.45, 7) is 2.23. The number of aromatic nitrogens is 1. The molecule has 172 valence electrons. The van der Waals surface area contributed by atoms with E-state index in [1.807, 2.05) is 84.9 Å². The molecular weight excluding hydrogens is 560 g/mol. The predicted molar refractivity (Wildman–Crippen MR) is 141 cm³/mol. The molecule has 4 rings (SSSR count). The first-order valence-electron chi connectivity index (χ1n) is 10.6. The molecule has 0 bridgehead atoms. The van der Waals surface area contributed by atoms with Crippen LogP contribution in [0.25, 0.3) is 11.1 Å². The molecule has 0 aliphatic carbocycles. The molecule has 0 aliphatic rings. The Balaban J connectivity index is 1.68. The van der Waals surface area contributed by atoms with E-state index in [0.29, 0.717) is 30.7 Å². The standard InChI is InChI=1S/C27H22Br2N2O3/c1-18(32)30-26-23(28)14-12-21(25(26)29)22-13-15-24(33-16-19-8-4-2-5-9-19)31-27(22)34-17-20-10-6-3-7-11-20/h2-15H,16-17H2,1H3,(H,30,32). The van der Waals surface area contributed by atoms with Gasteiger partial charge in [0.15, 0.2) is 0 Å². The lowest BCUT2D eigenvalue weighted by Crippen LogP contribution is -2.08. The molecular formula is C27H22Br2N2O3. The van der Waals surface area contributed by atoms with Crippen LogP contribution in [0.3, 0.4) is 0 Å². The Hall–Kier alpha value is -3.16. The summed E-state index contributed by atoms with van der Waals surface area (Å²) in [6, 6.07) is 27.4. The number of nitrogens with zero attached hydrogens (tertiary/aromatic N) is 1. The van der Waals surface area contributed by atoms with Gasteiger partial charge in [0.05, 0.1) is 10.2 Å². The molecule has 0 saturated heterocycles. The van der Waals surface area contributed by atoms with Gasteiger partial charge >= 0.3 is 0 Å². The predicted octanol–water partition coefficient (Wildman–Crippen LogP) is 7.39. The lowest BCUT2D eigenvalue weighted by atomic mass is 10.1. The molecule has 0 unspecified atom stereocenters. The summed E-state index contributed by atoms with van der Waals surface area (Å²) in [5.41, 5.74) is 4.32. The summed E-state index contributed by atoms with van der Waals surface area (Å²) in [6.07, 6.45) is 0. The minimum absolute atomic E-state index is 0.165. The molecule has 7 heteroatoms. The lowest BCUT2D eigenvalue weighted by Gasteiger charge is -2.16. The van der Waals surface area contributed by atoms with E-state index in [4.69, 9.17) is 9.47 Å². The summed E-state index contributed by atoms with van der Waals surface area (Å²) < 4.78 is 13.6. The monoisotopic (exact) mass is 580 g/mol. The van der Waals surface area contributed by atoms with Gasteiger partial charge < -0.3 is 14.8 Å². The molecule has 0 spiro atoms. The summed E-state index contributed by atoms with van der Waals surface area (Å²) in [4.78, 5) is 16.4. The van der Waals surface area contributed by atoms with Gasteiger partial charge in [-0.15, -0.1) is 0 Å². The van der Waals surface area contributed by atoms with Crippen LogP contribution in [0.2, 0.25) is 0 Å². The smallest absolute Gasteiger partial charge is 0.225 e. The zero-order valence-corrected chi connectivity index (χ0v) is 21.6. The summed E-state index contributed by atoms with van der Waals surface area (Å²) >= 11 is 7.15. The number of hydrogen-bond donors (Lipinski definition) is 1. The van der Waals surface area contributed by atoms with Crippen LogP contribution in [-0.2, 0) is 18.0 Å². The molecule has 5 nitrogen and oxygen atoms in total. The maximum absolute atomic E-state index is 11.7. The van der Waals surface area contributed by atoms with Gasteiger partial charge in [-0.05, 0) is 55.1 Å². The van der Waals surface area contributed by atoms with Crippen LogP contribution in [0.15, 0.2) is 93.9 Å². The average Bonchev–Trinajstić information content (AvgIpc) is 2.85. The minimum atomic E-state index is -0.165. The average molecular weight is 582 g/mol. The number of carbonyl (C=O) groups is 1. The third-order valence-electron chi connectivity index (χ3n) is 4.96. The van der Waals surface area contributed by atoms with Crippen LogP contribution in [0.4, 0.5) is 5.69 Å². The van der Waals surface area contributed by atoms with Crippen molar-refractivity contribution in [3.05, 3.63) is 105 Å². The maximum atomic E-state index is 11.7. The molecule has 0 fully saturated rings. The number of halogens is 2. The number of anilines is 1. The van der Waals surface area contributed by atoms with Crippen molar-refractivity contribution in [1.29, 1.82) is 0 Å². The second-order valence-electron chi connectivity index (χ2n) is 7.52. The first kappa shape index (κ1) is 24.0. The molecule has 1 aromatic heterocycles. The number of hydrogen-bond acceptors (Lipinski definition) is 4. The van der Waals surface area contributed by atoms with E-state index < -0.39 is 0 Å². The van der Waals surface area contributed by atoms with E-state index in [0.717, 1.165) is 31.2 Å². The summed E-state index contributed by atoms with van der Waals surface area (Å²) in [5.74, 6) is 0.735. The Labute approximate surface area is 215 Å². The molecule has 0 atom stereocenters. The van der Waals surface area contributed by atoms with Crippen molar-refractivity contribution in [1.82, 2.24) is 4.98 Å². The fourth-order valence-corrected chi connectivity index (χ4v) is 4.68. The molecule has 1 heterocycles. The van der Waals surface area contributed by atoms with Gasteiger partial charge in [0.25, 0.3) is 0 Å². The van der Waals surface area contributed by atoms with Gasteiger partial charge in [0, 0.05) is 28.6 Å². The van der Waals surface area contributed by atoms with Gasteiger partial charge in [-0.3, -0.25) is 4.79 Å². The Morgan fingerprint density at radius 1 is 0.794 bits per heavy atom. The SMILES string of the molecule is CC(=O)Nc1c(Br)ccc(-c2ccc(OCc3ccccc3)nc2OCc2ccccc2)c1Br. The molecule has 1 amide bonds. The second-order valence-corrected chi connectivity index (χ2v) is 9.16. The van der Waals surface area contributed by atoms with Crippen molar-refractivity contribution in [2.45, 2.75) is 20.1 Å². The highest BCUT2D eigenvalue weighted by molar-refractivity contribution is 9.11. The fourth-order valence-electron chi connectivity index (χ4n) is 3.33. The van der Waals surface area contributed by atoms with Gasteiger partial charge in [0.2, 0.25) is 17.7 Å². The van der Waals surface area contributed by atoms with Crippen molar-refractivity contribution >= 4 is 43.5 Å². The molecule has 0 saturated carbocycles. The molecule has 1 N–H and O–H groups in total. The second kappa shape index (κ2) is 11.3. The summed E-state index contributed by atoms with van der Waals surface area (Å²) in [7, 11) is 0. The van der Waals surface area contributed by atoms with Crippen LogP contribution >= 0.6 is 31.9 Å². The normalized spacial score (nSPS) is 10.6. The Kier molecular flexibility index (Phi) is 7.98. The van der Waals surface area contributed by atoms with Crippen LogP contribution in [-0.4, -0.2) is 10.9 Å². The first-order chi connectivity index (χ1) is 16.5. The number of benzene rings is 3. The minimum Gasteiger partial charge on any atom is -0.473 e. The van der Waals surface area contributed by atoms with Crippen LogP contribution in [0.1, 0.15) is 18.1 Å². The van der Waals surface area contributed by atoms with Crippen LogP contribution in [0.5, 0.6) is 11.8 Å². The van der Waals surface area contributed by atoms with Gasteiger partial charge in [0.1, 0.15) is 13.2 Å². The summed E-state index contributed by atoms with van der Waals surface area (Å²) in [5, 5.41) is 2.86. The third-order valence-corrected chi connectivity index (χ3v) is 6.45. The van der Waals surface area contributed by atoms with Crippen molar-refractivity contribution in [3.8, 4) is 22.9 Å². The van der Waals surface area contributed by atoms with E-state index in [9.17, 15) is 4.79 Å². The highest BCUT2D eigenvalue weighted by Gasteiger charge is 2.18. The van der Waals surface area contributed by atoms with Crippen molar-refractivity contribution in [2.75, 3.05) is 5.32 Å².